The summed E-state index contributed by atoms with van der Waals surface area (Å²) in [5.74, 6) is 1.56. The third kappa shape index (κ3) is 5.57. The number of rotatable bonds is 5. The second-order valence-electron chi connectivity index (χ2n) is 9.14. The summed E-state index contributed by atoms with van der Waals surface area (Å²) < 4.78 is 0. The summed E-state index contributed by atoms with van der Waals surface area (Å²) in [5.41, 5.74) is 8.81. The van der Waals surface area contributed by atoms with E-state index in [2.05, 4.69) is 53.6 Å². The maximum atomic E-state index is 6.57. The van der Waals surface area contributed by atoms with Gasteiger partial charge in [0.2, 0.25) is 11.9 Å². The summed E-state index contributed by atoms with van der Waals surface area (Å²) in [6.07, 6.45) is 9.58. The lowest BCUT2D eigenvalue weighted by atomic mass is 10.1. The van der Waals surface area contributed by atoms with Crippen LogP contribution < -0.4 is 21.3 Å². The molecule has 2 unspecified atom stereocenters. The van der Waals surface area contributed by atoms with Gasteiger partial charge in [-0.1, -0.05) is 50.3 Å². The van der Waals surface area contributed by atoms with E-state index in [0.717, 1.165) is 30.7 Å². The molecule has 0 aromatic heterocycles. The van der Waals surface area contributed by atoms with Crippen molar-refractivity contribution in [3.8, 4) is 0 Å². The van der Waals surface area contributed by atoms with Crippen molar-refractivity contribution in [2.45, 2.75) is 83.6 Å². The Labute approximate surface area is 187 Å². The SMILES string of the molecule is CCN1CCCC1CN=C1NC(NC2CCCCCC2)=NC(N)N1c1ccc(C)cc1. The highest BCUT2D eigenvalue weighted by Gasteiger charge is 2.29. The standard InChI is InChI=1S/C24H39N7/c1-3-30-16-8-11-21(30)17-26-24-29-23(27-19-9-6-4-5-7-10-19)28-22(25)31(24)20-14-12-18(2)13-15-20/h12-15,19,21-22H,3-11,16-17,25H2,1-2H3,(H2,26,27,28,29). The first-order valence-electron chi connectivity index (χ1n) is 12.2. The second kappa shape index (κ2) is 10.5. The van der Waals surface area contributed by atoms with E-state index in [-0.39, 0.29) is 0 Å². The molecule has 1 saturated carbocycles. The van der Waals surface area contributed by atoms with Crippen LogP contribution in [0.3, 0.4) is 0 Å². The molecule has 7 heteroatoms. The molecular weight excluding hydrogens is 386 g/mol. The summed E-state index contributed by atoms with van der Waals surface area (Å²) in [4.78, 5) is 14.3. The molecule has 2 fully saturated rings. The predicted octanol–water partition coefficient (Wildman–Crippen LogP) is 3.16. The van der Waals surface area contributed by atoms with Gasteiger partial charge in [-0.05, 0) is 57.8 Å². The number of nitrogens with one attached hydrogen (secondary N) is 2. The predicted molar refractivity (Wildman–Crippen MR) is 129 cm³/mol. The average molecular weight is 426 g/mol. The summed E-state index contributed by atoms with van der Waals surface area (Å²) in [6, 6.07) is 9.38. The maximum Gasteiger partial charge on any atom is 0.208 e. The molecule has 1 aromatic rings. The maximum absolute atomic E-state index is 6.57. The number of benzene rings is 1. The number of likely N-dealkylation sites (tertiary alicyclic amines) is 1. The van der Waals surface area contributed by atoms with E-state index in [1.807, 2.05) is 4.90 Å². The number of likely N-dealkylation sites (N-methyl/N-ethyl adjacent to an activating group) is 1. The van der Waals surface area contributed by atoms with Crippen molar-refractivity contribution in [3.63, 3.8) is 0 Å². The van der Waals surface area contributed by atoms with Crippen LogP contribution in [-0.2, 0) is 0 Å². The summed E-state index contributed by atoms with van der Waals surface area (Å²) in [6.45, 7) is 7.37. The number of anilines is 1. The van der Waals surface area contributed by atoms with Crippen molar-refractivity contribution in [1.82, 2.24) is 15.5 Å². The third-order valence-electron chi connectivity index (χ3n) is 6.85. The highest BCUT2D eigenvalue weighted by molar-refractivity contribution is 6.09. The summed E-state index contributed by atoms with van der Waals surface area (Å²) >= 11 is 0. The molecular formula is C24H39N7. The minimum Gasteiger partial charge on any atom is -0.353 e. The molecule has 4 rings (SSSR count). The van der Waals surface area contributed by atoms with Gasteiger partial charge in [0.1, 0.15) is 0 Å². The summed E-state index contributed by atoms with van der Waals surface area (Å²) in [7, 11) is 0. The topological polar surface area (TPSA) is 81.3 Å². The lowest BCUT2D eigenvalue weighted by Gasteiger charge is -2.36. The molecule has 4 N–H and O–H groups in total. The van der Waals surface area contributed by atoms with Crippen LogP contribution in [0.4, 0.5) is 5.69 Å². The Morgan fingerprint density at radius 3 is 2.55 bits per heavy atom. The lowest BCUT2D eigenvalue weighted by molar-refractivity contribution is 0.273. The van der Waals surface area contributed by atoms with Crippen molar-refractivity contribution in [2.75, 3.05) is 24.5 Å². The fraction of sp³-hybridized carbons (Fsp3) is 0.667. The van der Waals surface area contributed by atoms with Crippen LogP contribution in [0, 0.1) is 6.92 Å². The molecule has 0 bridgehead atoms. The van der Waals surface area contributed by atoms with Crippen molar-refractivity contribution < 1.29 is 0 Å². The third-order valence-corrected chi connectivity index (χ3v) is 6.85. The minimum absolute atomic E-state index is 0.457. The van der Waals surface area contributed by atoms with Crippen LogP contribution >= 0.6 is 0 Å². The van der Waals surface area contributed by atoms with Gasteiger partial charge in [-0.25, -0.2) is 4.99 Å². The zero-order valence-electron chi connectivity index (χ0n) is 19.2. The number of hydrogen-bond donors (Lipinski definition) is 3. The Hall–Kier alpha value is -2.12. The fourth-order valence-electron chi connectivity index (χ4n) is 5.01. The number of aryl methyl sites for hydroxylation is 1. The van der Waals surface area contributed by atoms with E-state index in [1.54, 1.807) is 0 Å². The molecule has 0 spiro atoms. The van der Waals surface area contributed by atoms with Crippen LogP contribution in [0.15, 0.2) is 34.3 Å². The number of nitrogens with zero attached hydrogens (tertiary/aromatic N) is 4. The minimum atomic E-state index is -0.498. The van der Waals surface area contributed by atoms with Gasteiger partial charge in [-0.15, -0.1) is 0 Å². The quantitative estimate of drug-likeness (QED) is 0.632. The monoisotopic (exact) mass is 425 g/mol. The molecule has 1 saturated heterocycles. The van der Waals surface area contributed by atoms with Gasteiger partial charge in [-0.2, -0.15) is 0 Å². The Bertz CT molecular complexity index is 765. The molecule has 3 aliphatic rings. The van der Waals surface area contributed by atoms with Crippen molar-refractivity contribution in [3.05, 3.63) is 29.8 Å². The molecule has 2 atom stereocenters. The van der Waals surface area contributed by atoms with E-state index in [1.165, 1.54) is 63.5 Å². The van der Waals surface area contributed by atoms with E-state index >= 15 is 0 Å². The van der Waals surface area contributed by atoms with Crippen LogP contribution in [0.5, 0.6) is 0 Å². The largest absolute Gasteiger partial charge is 0.353 e. The van der Waals surface area contributed by atoms with E-state index in [9.17, 15) is 0 Å². The normalized spacial score (nSPS) is 27.1. The van der Waals surface area contributed by atoms with E-state index in [4.69, 9.17) is 15.7 Å². The molecule has 170 valence electrons. The van der Waals surface area contributed by atoms with Crippen LogP contribution in [0.25, 0.3) is 0 Å². The average Bonchev–Trinajstić information content (AvgIpc) is 3.07. The van der Waals surface area contributed by atoms with Gasteiger partial charge in [0.15, 0.2) is 6.29 Å². The highest BCUT2D eigenvalue weighted by Crippen LogP contribution is 2.22. The first-order chi connectivity index (χ1) is 15.1. The Morgan fingerprint density at radius 2 is 1.84 bits per heavy atom. The van der Waals surface area contributed by atoms with E-state index in [0.29, 0.717) is 12.1 Å². The Kier molecular flexibility index (Phi) is 7.45. The molecule has 31 heavy (non-hydrogen) atoms. The van der Waals surface area contributed by atoms with Crippen molar-refractivity contribution in [2.24, 2.45) is 15.7 Å². The van der Waals surface area contributed by atoms with Gasteiger partial charge >= 0.3 is 0 Å². The number of aliphatic imine (C=N–C) groups is 2. The van der Waals surface area contributed by atoms with Crippen LogP contribution in [0.1, 0.15) is 63.9 Å². The summed E-state index contributed by atoms with van der Waals surface area (Å²) in [5, 5.41) is 7.12. The van der Waals surface area contributed by atoms with Gasteiger partial charge in [0.25, 0.3) is 0 Å². The zero-order chi connectivity index (χ0) is 21.6. The molecule has 7 nitrogen and oxygen atoms in total. The fourth-order valence-corrected chi connectivity index (χ4v) is 5.01. The first kappa shape index (κ1) is 22.1. The second-order valence-corrected chi connectivity index (χ2v) is 9.14. The zero-order valence-corrected chi connectivity index (χ0v) is 19.2. The molecule has 1 aromatic carbocycles. The number of guanidine groups is 2. The molecule has 1 aliphatic carbocycles. The van der Waals surface area contributed by atoms with Crippen molar-refractivity contribution in [1.29, 1.82) is 0 Å². The van der Waals surface area contributed by atoms with Gasteiger partial charge in [0.05, 0.1) is 6.54 Å². The number of hydrogen-bond acceptors (Lipinski definition) is 5. The highest BCUT2D eigenvalue weighted by atomic mass is 15.5. The Balaban J connectivity index is 1.55. The lowest BCUT2D eigenvalue weighted by Crippen LogP contribution is -2.61. The smallest absolute Gasteiger partial charge is 0.208 e. The Morgan fingerprint density at radius 1 is 1.10 bits per heavy atom. The number of nitrogens with two attached hydrogens (primary N) is 1. The van der Waals surface area contributed by atoms with Crippen LogP contribution in [-0.4, -0.2) is 54.8 Å². The molecule has 0 amide bonds. The van der Waals surface area contributed by atoms with Gasteiger partial charge in [0, 0.05) is 17.8 Å². The molecule has 2 heterocycles. The molecule has 0 radical (unpaired) electrons. The van der Waals surface area contributed by atoms with Crippen LogP contribution in [0.2, 0.25) is 0 Å². The van der Waals surface area contributed by atoms with Gasteiger partial charge < -0.3 is 5.32 Å². The molecule has 2 aliphatic heterocycles. The first-order valence-corrected chi connectivity index (χ1v) is 12.2. The van der Waals surface area contributed by atoms with Gasteiger partial charge in [-0.3, -0.25) is 25.8 Å². The van der Waals surface area contributed by atoms with E-state index < -0.39 is 6.29 Å². The van der Waals surface area contributed by atoms with Crippen molar-refractivity contribution >= 4 is 17.6 Å².